The summed E-state index contributed by atoms with van der Waals surface area (Å²) in [5.41, 5.74) is 11.9. The monoisotopic (exact) mass is 275 g/mol. The molecular formula is C16H23N2O2. The van der Waals surface area contributed by atoms with Gasteiger partial charge in [0.05, 0.1) is 0 Å². The average Bonchev–Trinajstić information content (AvgIpc) is 2.34. The van der Waals surface area contributed by atoms with Crippen molar-refractivity contribution in [3.8, 4) is 0 Å². The van der Waals surface area contributed by atoms with Crippen LogP contribution in [0.25, 0.3) is 0 Å². The summed E-state index contributed by atoms with van der Waals surface area (Å²) in [5.74, 6) is -0.589. The second-order valence-corrected chi connectivity index (χ2v) is 5.81. The minimum atomic E-state index is -0.443. The maximum Gasteiger partial charge on any atom is 0.248 e. The summed E-state index contributed by atoms with van der Waals surface area (Å²) in [6, 6.07) is 7.22. The van der Waals surface area contributed by atoms with Crippen molar-refractivity contribution < 1.29 is 9.59 Å². The number of rotatable bonds is 7. The number of primary amides is 2. The summed E-state index contributed by atoms with van der Waals surface area (Å²) in [6.45, 7) is 7.95. The van der Waals surface area contributed by atoms with Gasteiger partial charge in [-0.15, -0.1) is 0 Å². The Morgan fingerprint density at radius 1 is 1.20 bits per heavy atom. The van der Waals surface area contributed by atoms with Crippen molar-refractivity contribution in [1.29, 1.82) is 0 Å². The van der Waals surface area contributed by atoms with Crippen LogP contribution in [0.1, 0.15) is 54.9 Å². The molecule has 0 aromatic heterocycles. The first-order chi connectivity index (χ1) is 9.27. The van der Waals surface area contributed by atoms with E-state index in [0.717, 1.165) is 18.4 Å². The second kappa shape index (κ2) is 6.55. The van der Waals surface area contributed by atoms with E-state index in [2.05, 4.69) is 6.92 Å². The van der Waals surface area contributed by atoms with Crippen LogP contribution in [-0.4, -0.2) is 11.8 Å². The predicted molar refractivity (Wildman–Crippen MR) is 79.9 cm³/mol. The Balaban J connectivity index is 3.06. The Morgan fingerprint density at radius 2 is 1.75 bits per heavy atom. The zero-order valence-electron chi connectivity index (χ0n) is 12.2. The smallest absolute Gasteiger partial charge is 0.248 e. The van der Waals surface area contributed by atoms with Gasteiger partial charge < -0.3 is 11.5 Å². The van der Waals surface area contributed by atoms with Crippen LogP contribution in [0.15, 0.2) is 24.3 Å². The SMILES string of the molecule is [CH2]CCC(c1ccc(C(N)=O)cc1)C(C)(C)CC(N)=O. The van der Waals surface area contributed by atoms with Crippen molar-refractivity contribution in [1.82, 2.24) is 0 Å². The van der Waals surface area contributed by atoms with Crippen molar-refractivity contribution >= 4 is 11.8 Å². The van der Waals surface area contributed by atoms with E-state index in [1.807, 2.05) is 26.0 Å². The van der Waals surface area contributed by atoms with Crippen LogP contribution in [0.3, 0.4) is 0 Å². The van der Waals surface area contributed by atoms with Gasteiger partial charge in [0, 0.05) is 12.0 Å². The molecule has 4 N–H and O–H groups in total. The van der Waals surface area contributed by atoms with Crippen molar-refractivity contribution in [2.24, 2.45) is 16.9 Å². The highest BCUT2D eigenvalue weighted by Crippen LogP contribution is 2.41. The topological polar surface area (TPSA) is 86.2 Å². The van der Waals surface area contributed by atoms with E-state index in [4.69, 9.17) is 11.5 Å². The number of benzene rings is 1. The van der Waals surface area contributed by atoms with Gasteiger partial charge in [0.25, 0.3) is 0 Å². The van der Waals surface area contributed by atoms with Crippen molar-refractivity contribution in [2.75, 3.05) is 0 Å². The Morgan fingerprint density at radius 3 is 2.15 bits per heavy atom. The highest BCUT2D eigenvalue weighted by Gasteiger charge is 2.31. The molecule has 0 fully saturated rings. The molecule has 4 nitrogen and oxygen atoms in total. The molecule has 0 saturated carbocycles. The molecule has 1 radical (unpaired) electrons. The largest absolute Gasteiger partial charge is 0.370 e. The molecule has 0 bridgehead atoms. The summed E-state index contributed by atoms with van der Waals surface area (Å²) in [7, 11) is 0. The Hall–Kier alpha value is -1.84. The quantitative estimate of drug-likeness (QED) is 0.800. The van der Waals surface area contributed by atoms with E-state index in [0.29, 0.717) is 12.0 Å². The lowest BCUT2D eigenvalue weighted by Crippen LogP contribution is -2.29. The third-order valence-corrected chi connectivity index (χ3v) is 3.66. The van der Waals surface area contributed by atoms with Crippen molar-refractivity contribution in [3.05, 3.63) is 42.3 Å². The van der Waals surface area contributed by atoms with Gasteiger partial charge >= 0.3 is 0 Å². The molecule has 0 aliphatic rings. The predicted octanol–water partition coefficient (Wildman–Crippen LogP) is 2.38. The third-order valence-electron chi connectivity index (χ3n) is 3.66. The number of carbonyl (C=O) groups is 2. The van der Waals surface area contributed by atoms with Crippen LogP contribution in [0.2, 0.25) is 0 Å². The summed E-state index contributed by atoms with van der Waals surface area (Å²) < 4.78 is 0. The molecule has 2 amide bonds. The van der Waals surface area contributed by atoms with Crippen LogP contribution < -0.4 is 11.5 Å². The van der Waals surface area contributed by atoms with Crippen LogP contribution >= 0.6 is 0 Å². The van der Waals surface area contributed by atoms with Gasteiger partial charge in [-0.25, -0.2) is 0 Å². The van der Waals surface area contributed by atoms with E-state index in [1.54, 1.807) is 12.1 Å². The molecule has 1 atom stereocenters. The lowest BCUT2D eigenvalue weighted by atomic mass is 9.70. The number of hydrogen-bond donors (Lipinski definition) is 2. The van der Waals surface area contributed by atoms with Gasteiger partial charge in [-0.2, -0.15) is 0 Å². The molecule has 1 rings (SSSR count). The summed E-state index contributed by atoms with van der Waals surface area (Å²) >= 11 is 0. The minimum absolute atomic E-state index is 0.162. The molecule has 1 aromatic rings. The highest BCUT2D eigenvalue weighted by molar-refractivity contribution is 5.92. The van der Waals surface area contributed by atoms with E-state index < -0.39 is 5.91 Å². The minimum Gasteiger partial charge on any atom is -0.370 e. The molecule has 1 unspecified atom stereocenters. The first-order valence-corrected chi connectivity index (χ1v) is 6.75. The van der Waals surface area contributed by atoms with Gasteiger partial charge in [-0.1, -0.05) is 39.3 Å². The Kier molecular flexibility index (Phi) is 5.31. The zero-order chi connectivity index (χ0) is 15.3. The fraction of sp³-hybridized carbons (Fsp3) is 0.438. The first-order valence-electron chi connectivity index (χ1n) is 6.75. The molecule has 0 spiro atoms. The van der Waals surface area contributed by atoms with Crippen LogP contribution in [0.5, 0.6) is 0 Å². The van der Waals surface area contributed by atoms with Crippen molar-refractivity contribution in [2.45, 2.75) is 39.0 Å². The molecule has 0 aliphatic heterocycles. The lowest BCUT2D eigenvalue weighted by molar-refractivity contribution is -0.120. The average molecular weight is 275 g/mol. The molecule has 0 aliphatic carbocycles. The third kappa shape index (κ3) is 4.08. The van der Waals surface area contributed by atoms with Gasteiger partial charge in [-0.05, 0) is 35.4 Å². The maximum atomic E-state index is 11.2. The summed E-state index contributed by atoms with van der Waals surface area (Å²) in [5, 5.41) is 0. The van der Waals surface area contributed by atoms with Gasteiger partial charge in [-0.3, -0.25) is 9.59 Å². The molecule has 20 heavy (non-hydrogen) atoms. The molecule has 1 aromatic carbocycles. The molecule has 109 valence electrons. The summed E-state index contributed by atoms with van der Waals surface area (Å²) in [4.78, 5) is 22.3. The van der Waals surface area contributed by atoms with E-state index in [1.165, 1.54) is 0 Å². The second-order valence-electron chi connectivity index (χ2n) is 5.81. The number of hydrogen-bond acceptors (Lipinski definition) is 2. The van der Waals surface area contributed by atoms with E-state index >= 15 is 0 Å². The van der Waals surface area contributed by atoms with Gasteiger partial charge in [0.15, 0.2) is 0 Å². The number of carbonyl (C=O) groups excluding carboxylic acids is 2. The molecule has 0 heterocycles. The van der Waals surface area contributed by atoms with E-state index in [9.17, 15) is 9.59 Å². The summed E-state index contributed by atoms with van der Waals surface area (Å²) in [6.07, 6.45) is 1.94. The molecule has 0 saturated heterocycles. The normalized spacial score (nSPS) is 12.9. The van der Waals surface area contributed by atoms with Crippen LogP contribution in [0.4, 0.5) is 0 Å². The first kappa shape index (κ1) is 16.2. The maximum absolute atomic E-state index is 11.2. The fourth-order valence-electron chi connectivity index (χ4n) is 2.66. The lowest BCUT2D eigenvalue weighted by Gasteiger charge is -2.34. The Labute approximate surface area is 120 Å². The van der Waals surface area contributed by atoms with E-state index in [-0.39, 0.29) is 17.2 Å². The number of amides is 2. The zero-order valence-corrected chi connectivity index (χ0v) is 12.2. The van der Waals surface area contributed by atoms with Crippen LogP contribution in [-0.2, 0) is 4.79 Å². The number of nitrogens with two attached hydrogens (primary N) is 2. The van der Waals surface area contributed by atoms with Crippen molar-refractivity contribution in [3.63, 3.8) is 0 Å². The molecular weight excluding hydrogens is 252 g/mol. The van der Waals surface area contributed by atoms with Crippen LogP contribution in [0, 0.1) is 12.3 Å². The fourth-order valence-corrected chi connectivity index (χ4v) is 2.66. The molecule has 4 heteroatoms. The standard InChI is InChI=1S/C16H23N2O2/c1-4-5-13(16(2,3)10-14(17)19)11-6-8-12(9-7-11)15(18)20/h6-9,13H,1,4-5,10H2,2-3H3,(H2,17,19)(H2,18,20). The van der Waals surface area contributed by atoms with Gasteiger partial charge in [0.2, 0.25) is 11.8 Å². The highest BCUT2D eigenvalue weighted by atomic mass is 16.1. The Bertz CT molecular complexity index is 478. The van der Waals surface area contributed by atoms with Gasteiger partial charge in [0.1, 0.15) is 0 Å².